The molecule has 3 rings (SSSR count). The zero-order chi connectivity index (χ0) is 19.1. The van der Waals surface area contributed by atoms with Crippen molar-refractivity contribution in [1.82, 2.24) is 10.3 Å². The van der Waals surface area contributed by atoms with Gasteiger partial charge in [0, 0.05) is 35.8 Å². The smallest absolute Gasteiger partial charge is 0.251 e. The van der Waals surface area contributed by atoms with Crippen molar-refractivity contribution < 1.29 is 9.59 Å². The Morgan fingerprint density at radius 3 is 2.52 bits per heavy atom. The second-order valence-corrected chi connectivity index (χ2v) is 6.95. The predicted molar refractivity (Wildman–Crippen MR) is 107 cm³/mol. The van der Waals surface area contributed by atoms with Crippen LogP contribution in [0, 0.1) is 0 Å². The topological polar surface area (TPSA) is 71.1 Å². The lowest BCUT2D eigenvalue weighted by molar-refractivity contribution is -0.114. The van der Waals surface area contributed by atoms with E-state index in [4.69, 9.17) is 0 Å². The van der Waals surface area contributed by atoms with Gasteiger partial charge in [-0.15, -0.1) is 0 Å². The maximum absolute atomic E-state index is 12.4. The summed E-state index contributed by atoms with van der Waals surface area (Å²) in [6.45, 7) is 1.85. The first-order chi connectivity index (χ1) is 13.1. The minimum atomic E-state index is -0.144. The molecule has 2 amide bonds. The standard InChI is InChI=1S/C21H19N3O2S/c1-15(25)24-18-6-4-5-16(13-18)14-23-21(26)17-8-10-19(11-9-17)27-20-7-2-3-12-22-20/h2-13H,14H2,1H3,(H,23,26)(H,24,25). The minimum absolute atomic E-state index is 0.125. The number of hydrogen-bond acceptors (Lipinski definition) is 4. The van der Waals surface area contributed by atoms with Crippen LogP contribution in [-0.2, 0) is 11.3 Å². The lowest BCUT2D eigenvalue weighted by Gasteiger charge is -2.08. The fraction of sp³-hybridized carbons (Fsp3) is 0.0952. The average molecular weight is 377 g/mol. The largest absolute Gasteiger partial charge is 0.348 e. The summed E-state index contributed by atoms with van der Waals surface area (Å²) in [6, 6.07) is 20.6. The molecule has 0 unspecified atom stereocenters. The number of pyridine rings is 1. The van der Waals surface area contributed by atoms with Gasteiger partial charge in [0.25, 0.3) is 5.91 Å². The van der Waals surface area contributed by atoms with Gasteiger partial charge in [0.1, 0.15) is 5.03 Å². The summed E-state index contributed by atoms with van der Waals surface area (Å²) in [5.74, 6) is -0.269. The third-order valence-electron chi connectivity index (χ3n) is 3.68. The van der Waals surface area contributed by atoms with Crippen LogP contribution >= 0.6 is 11.8 Å². The highest BCUT2D eigenvalue weighted by Gasteiger charge is 2.07. The summed E-state index contributed by atoms with van der Waals surface area (Å²) in [7, 11) is 0. The molecule has 1 heterocycles. The Morgan fingerprint density at radius 1 is 1.00 bits per heavy atom. The maximum Gasteiger partial charge on any atom is 0.251 e. The van der Waals surface area contributed by atoms with Crippen LogP contribution < -0.4 is 10.6 Å². The third kappa shape index (κ3) is 5.69. The third-order valence-corrected chi connectivity index (χ3v) is 4.64. The quantitative estimate of drug-likeness (QED) is 0.678. The molecule has 136 valence electrons. The van der Waals surface area contributed by atoms with Crippen LogP contribution in [0.5, 0.6) is 0 Å². The van der Waals surface area contributed by atoms with Crippen LogP contribution in [0.1, 0.15) is 22.8 Å². The SMILES string of the molecule is CC(=O)Nc1cccc(CNC(=O)c2ccc(Sc3ccccn3)cc2)c1. The normalized spacial score (nSPS) is 10.3. The highest BCUT2D eigenvalue weighted by Crippen LogP contribution is 2.25. The Kier molecular flexibility index (Phi) is 6.22. The van der Waals surface area contributed by atoms with E-state index in [0.29, 0.717) is 17.8 Å². The summed E-state index contributed by atoms with van der Waals surface area (Å²) in [4.78, 5) is 28.8. The number of nitrogens with zero attached hydrogens (tertiary/aromatic N) is 1. The Morgan fingerprint density at radius 2 is 1.81 bits per heavy atom. The predicted octanol–water partition coefficient (Wildman–Crippen LogP) is 4.12. The van der Waals surface area contributed by atoms with Gasteiger partial charge in [0.2, 0.25) is 5.91 Å². The summed E-state index contributed by atoms with van der Waals surface area (Å²) >= 11 is 1.55. The molecule has 0 fully saturated rings. The van der Waals surface area contributed by atoms with Crippen molar-refractivity contribution in [3.05, 3.63) is 84.1 Å². The van der Waals surface area contributed by atoms with Gasteiger partial charge in [-0.25, -0.2) is 4.98 Å². The van der Waals surface area contributed by atoms with Gasteiger partial charge in [0.05, 0.1) is 0 Å². The number of benzene rings is 2. The highest BCUT2D eigenvalue weighted by atomic mass is 32.2. The van der Waals surface area contributed by atoms with E-state index in [2.05, 4.69) is 15.6 Å². The van der Waals surface area contributed by atoms with Gasteiger partial charge in [0.15, 0.2) is 0 Å². The summed E-state index contributed by atoms with van der Waals surface area (Å²) in [6.07, 6.45) is 1.76. The molecule has 2 aromatic carbocycles. The van der Waals surface area contributed by atoms with E-state index in [1.807, 2.05) is 54.6 Å². The van der Waals surface area contributed by atoms with Gasteiger partial charge in [-0.3, -0.25) is 9.59 Å². The highest BCUT2D eigenvalue weighted by molar-refractivity contribution is 7.99. The molecule has 0 atom stereocenters. The van der Waals surface area contributed by atoms with Crippen LogP contribution in [0.15, 0.2) is 82.8 Å². The average Bonchev–Trinajstić information content (AvgIpc) is 2.67. The lowest BCUT2D eigenvalue weighted by atomic mass is 10.1. The molecular formula is C21H19N3O2S. The number of hydrogen-bond donors (Lipinski definition) is 2. The molecule has 0 bridgehead atoms. The van der Waals surface area contributed by atoms with Gasteiger partial charge in [-0.2, -0.15) is 0 Å². The van der Waals surface area contributed by atoms with E-state index in [1.54, 1.807) is 30.1 Å². The molecule has 27 heavy (non-hydrogen) atoms. The van der Waals surface area contributed by atoms with Crippen molar-refractivity contribution in [2.24, 2.45) is 0 Å². The molecule has 0 aliphatic rings. The molecular weight excluding hydrogens is 358 g/mol. The molecule has 5 nitrogen and oxygen atoms in total. The number of carbonyl (C=O) groups is 2. The maximum atomic E-state index is 12.4. The second-order valence-electron chi connectivity index (χ2n) is 5.86. The van der Waals surface area contributed by atoms with E-state index in [1.165, 1.54) is 6.92 Å². The number of carbonyl (C=O) groups excluding carboxylic acids is 2. The molecule has 0 saturated heterocycles. The number of amides is 2. The summed E-state index contributed by atoms with van der Waals surface area (Å²) < 4.78 is 0. The number of aromatic nitrogens is 1. The molecule has 0 aliphatic heterocycles. The molecule has 0 radical (unpaired) electrons. The first-order valence-electron chi connectivity index (χ1n) is 8.44. The number of nitrogens with one attached hydrogen (secondary N) is 2. The number of rotatable bonds is 6. The van der Waals surface area contributed by atoms with E-state index in [9.17, 15) is 9.59 Å². The molecule has 6 heteroatoms. The zero-order valence-electron chi connectivity index (χ0n) is 14.8. The van der Waals surface area contributed by atoms with Gasteiger partial charge in [-0.1, -0.05) is 30.0 Å². The Hall–Kier alpha value is -3.12. The van der Waals surface area contributed by atoms with Crippen LogP contribution in [0.25, 0.3) is 0 Å². The second kappa shape index (κ2) is 9.00. The van der Waals surface area contributed by atoms with Crippen molar-refractivity contribution in [3.8, 4) is 0 Å². The van der Waals surface area contributed by atoms with Gasteiger partial charge in [-0.05, 0) is 54.1 Å². The Bertz CT molecular complexity index is 928. The van der Waals surface area contributed by atoms with E-state index >= 15 is 0 Å². The van der Waals surface area contributed by atoms with Gasteiger partial charge < -0.3 is 10.6 Å². The monoisotopic (exact) mass is 377 g/mol. The van der Waals surface area contributed by atoms with Crippen molar-refractivity contribution in [1.29, 1.82) is 0 Å². The van der Waals surface area contributed by atoms with Crippen molar-refractivity contribution >= 4 is 29.3 Å². The summed E-state index contributed by atoms with van der Waals surface area (Å²) in [5.41, 5.74) is 2.22. The Labute approximate surface area is 162 Å². The van der Waals surface area contributed by atoms with Gasteiger partial charge >= 0.3 is 0 Å². The van der Waals surface area contributed by atoms with Crippen LogP contribution in [-0.4, -0.2) is 16.8 Å². The van der Waals surface area contributed by atoms with E-state index in [-0.39, 0.29) is 11.8 Å². The zero-order valence-corrected chi connectivity index (χ0v) is 15.6. The van der Waals surface area contributed by atoms with Crippen LogP contribution in [0.3, 0.4) is 0 Å². The van der Waals surface area contributed by atoms with Crippen molar-refractivity contribution in [2.75, 3.05) is 5.32 Å². The fourth-order valence-electron chi connectivity index (χ4n) is 2.45. The number of anilines is 1. The fourth-order valence-corrected chi connectivity index (χ4v) is 3.22. The summed E-state index contributed by atoms with van der Waals surface area (Å²) in [5, 5.41) is 6.54. The molecule has 2 N–H and O–H groups in total. The van der Waals surface area contributed by atoms with Crippen molar-refractivity contribution in [2.45, 2.75) is 23.4 Å². The molecule has 0 aliphatic carbocycles. The minimum Gasteiger partial charge on any atom is -0.348 e. The molecule has 1 aromatic heterocycles. The molecule has 0 saturated carbocycles. The first kappa shape index (κ1) is 18.7. The van der Waals surface area contributed by atoms with Crippen LogP contribution in [0.2, 0.25) is 0 Å². The molecule has 0 spiro atoms. The van der Waals surface area contributed by atoms with E-state index in [0.717, 1.165) is 15.5 Å². The lowest BCUT2D eigenvalue weighted by Crippen LogP contribution is -2.22. The van der Waals surface area contributed by atoms with Crippen molar-refractivity contribution in [3.63, 3.8) is 0 Å². The first-order valence-corrected chi connectivity index (χ1v) is 9.25. The van der Waals surface area contributed by atoms with E-state index < -0.39 is 0 Å². The van der Waals surface area contributed by atoms with Crippen LogP contribution in [0.4, 0.5) is 5.69 Å². The molecule has 3 aromatic rings. The Balaban J connectivity index is 1.57.